The lowest BCUT2D eigenvalue weighted by Gasteiger charge is -2.36. The first-order valence-electron chi connectivity index (χ1n) is 8.93. The van der Waals surface area contributed by atoms with Crippen molar-refractivity contribution >= 4 is 33.4 Å². The van der Waals surface area contributed by atoms with Gasteiger partial charge in [0.15, 0.2) is 0 Å². The summed E-state index contributed by atoms with van der Waals surface area (Å²) in [5, 5.41) is 0. The summed E-state index contributed by atoms with van der Waals surface area (Å²) in [6.45, 7) is 5.29. The monoisotopic (exact) mass is 476 g/mol. The largest absolute Gasteiger partial charge is 0.398 e. The first-order chi connectivity index (χ1) is 13.2. The zero-order valence-electron chi connectivity index (χ0n) is 15.4. The van der Waals surface area contributed by atoms with E-state index in [1.165, 1.54) is 11.6 Å². The SMILES string of the molecule is Cc1cc(F)c(N2CCN(Cc3ccc(Br)cc3)CC2)cc1SCC(F)(F)F. The summed E-state index contributed by atoms with van der Waals surface area (Å²) in [6, 6.07) is 11.1. The van der Waals surface area contributed by atoms with Crippen LogP contribution in [-0.2, 0) is 6.54 Å². The second-order valence-electron chi connectivity index (χ2n) is 6.86. The molecule has 8 heteroatoms. The Morgan fingerprint density at radius 2 is 1.68 bits per heavy atom. The number of thioether (sulfide) groups is 1. The average Bonchev–Trinajstić information content (AvgIpc) is 2.63. The first kappa shape index (κ1) is 21.5. The maximum atomic E-state index is 14.5. The van der Waals surface area contributed by atoms with Crippen molar-refractivity contribution in [3.63, 3.8) is 0 Å². The van der Waals surface area contributed by atoms with Gasteiger partial charge in [-0.3, -0.25) is 4.90 Å². The molecule has 0 spiro atoms. The van der Waals surface area contributed by atoms with Gasteiger partial charge < -0.3 is 4.90 Å². The van der Waals surface area contributed by atoms with E-state index in [-0.39, 0.29) is 5.82 Å². The molecule has 2 aromatic rings. The Morgan fingerprint density at radius 1 is 1.04 bits per heavy atom. The van der Waals surface area contributed by atoms with E-state index in [0.717, 1.165) is 24.1 Å². The number of nitrogens with zero attached hydrogens (tertiary/aromatic N) is 2. The van der Waals surface area contributed by atoms with Gasteiger partial charge >= 0.3 is 6.18 Å². The maximum absolute atomic E-state index is 14.5. The number of piperazine rings is 1. The predicted octanol–water partition coefficient (Wildman–Crippen LogP) is 5.87. The van der Waals surface area contributed by atoms with Crippen LogP contribution in [0.15, 0.2) is 45.8 Å². The van der Waals surface area contributed by atoms with E-state index in [1.807, 2.05) is 17.0 Å². The summed E-state index contributed by atoms with van der Waals surface area (Å²) in [5.74, 6) is -1.35. The van der Waals surface area contributed by atoms with Gasteiger partial charge in [-0.25, -0.2) is 4.39 Å². The molecule has 1 aliphatic rings. The molecular weight excluding hydrogens is 456 g/mol. The van der Waals surface area contributed by atoms with Crippen LogP contribution >= 0.6 is 27.7 Å². The second kappa shape index (κ2) is 9.05. The minimum atomic E-state index is -4.25. The molecule has 3 rings (SSSR count). The first-order valence-corrected chi connectivity index (χ1v) is 10.7. The summed E-state index contributed by atoms with van der Waals surface area (Å²) in [6.07, 6.45) is -4.25. The summed E-state index contributed by atoms with van der Waals surface area (Å²) < 4.78 is 53.1. The van der Waals surface area contributed by atoms with Gasteiger partial charge in [-0.05, 0) is 42.3 Å². The average molecular weight is 477 g/mol. The minimum absolute atomic E-state index is 0.379. The fourth-order valence-corrected chi connectivity index (χ4v) is 4.26. The van der Waals surface area contributed by atoms with E-state index < -0.39 is 11.9 Å². The molecule has 1 fully saturated rings. The summed E-state index contributed by atoms with van der Waals surface area (Å²) in [5.41, 5.74) is 2.13. The third-order valence-corrected chi connectivity index (χ3v) is 6.42. The van der Waals surface area contributed by atoms with Gasteiger partial charge in [0.05, 0.1) is 11.4 Å². The van der Waals surface area contributed by atoms with Gasteiger partial charge in [-0.15, -0.1) is 11.8 Å². The van der Waals surface area contributed by atoms with Crippen LogP contribution in [0, 0.1) is 12.7 Å². The Balaban J connectivity index is 1.63. The lowest BCUT2D eigenvalue weighted by molar-refractivity contribution is -0.105. The van der Waals surface area contributed by atoms with Crippen molar-refractivity contribution < 1.29 is 17.6 Å². The van der Waals surface area contributed by atoms with E-state index in [2.05, 4.69) is 33.0 Å². The number of aryl methyl sites for hydroxylation is 1. The van der Waals surface area contributed by atoms with Crippen molar-refractivity contribution in [3.05, 3.63) is 57.8 Å². The van der Waals surface area contributed by atoms with Crippen LogP contribution in [0.3, 0.4) is 0 Å². The minimum Gasteiger partial charge on any atom is -0.367 e. The molecule has 0 radical (unpaired) electrons. The number of rotatable bonds is 5. The van der Waals surface area contributed by atoms with Gasteiger partial charge in [-0.2, -0.15) is 13.2 Å². The smallest absolute Gasteiger partial charge is 0.367 e. The Hall–Kier alpha value is -1.25. The second-order valence-corrected chi connectivity index (χ2v) is 8.80. The van der Waals surface area contributed by atoms with Crippen LogP contribution in [0.1, 0.15) is 11.1 Å². The fourth-order valence-electron chi connectivity index (χ4n) is 3.19. The molecule has 0 atom stereocenters. The molecule has 0 unspecified atom stereocenters. The molecule has 0 aromatic heterocycles. The highest BCUT2D eigenvalue weighted by atomic mass is 79.9. The number of anilines is 1. The van der Waals surface area contributed by atoms with Crippen LogP contribution in [0.25, 0.3) is 0 Å². The van der Waals surface area contributed by atoms with Gasteiger partial charge in [0.2, 0.25) is 0 Å². The fraction of sp³-hybridized carbons (Fsp3) is 0.400. The van der Waals surface area contributed by atoms with E-state index >= 15 is 0 Å². The van der Waals surface area contributed by atoms with Crippen molar-refractivity contribution in [1.29, 1.82) is 0 Å². The number of halogens is 5. The van der Waals surface area contributed by atoms with Crippen molar-refractivity contribution in [2.45, 2.75) is 24.5 Å². The molecule has 28 heavy (non-hydrogen) atoms. The molecule has 2 nitrogen and oxygen atoms in total. The Labute approximate surface area is 175 Å². The molecule has 0 N–H and O–H groups in total. The number of benzene rings is 2. The third kappa shape index (κ3) is 5.87. The zero-order chi connectivity index (χ0) is 20.3. The van der Waals surface area contributed by atoms with Gasteiger partial charge in [0, 0.05) is 42.1 Å². The quantitative estimate of drug-likeness (QED) is 0.393. The molecule has 152 valence electrons. The highest BCUT2D eigenvalue weighted by molar-refractivity contribution is 9.10. The van der Waals surface area contributed by atoms with Crippen molar-refractivity contribution in [2.75, 3.05) is 36.8 Å². The Kier molecular flexibility index (Phi) is 6.94. The summed E-state index contributed by atoms with van der Waals surface area (Å²) >= 11 is 4.14. The van der Waals surface area contributed by atoms with Gasteiger partial charge in [-0.1, -0.05) is 28.1 Å². The zero-order valence-corrected chi connectivity index (χ0v) is 17.8. The molecule has 0 bridgehead atoms. The summed E-state index contributed by atoms with van der Waals surface area (Å²) in [4.78, 5) is 4.70. The van der Waals surface area contributed by atoms with E-state index in [0.29, 0.717) is 41.0 Å². The molecule has 0 saturated carbocycles. The van der Waals surface area contributed by atoms with Crippen LogP contribution < -0.4 is 4.90 Å². The lowest BCUT2D eigenvalue weighted by atomic mass is 10.1. The normalized spacial score (nSPS) is 15.9. The highest BCUT2D eigenvalue weighted by Gasteiger charge is 2.28. The Morgan fingerprint density at radius 3 is 2.29 bits per heavy atom. The molecular formula is C20H21BrF4N2S. The van der Waals surface area contributed by atoms with Crippen molar-refractivity contribution in [3.8, 4) is 0 Å². The van der Waals surface area contributed by atoms with E-state index in [9.17, 15) is 17.6 Å². The maximum Gasteiger partial charge on any atom is 0.398 e. The topological polar surface area (TPSA) is 6.48 Å². The molecule has 0 aliphatic carbocycles. The number of hydrogen-bond acceptors (Lipinski definition) is 3. The van der Waals surface area contributed by atoms with Gasteiger partial charge in [0.25, 0.3) is 0 Å². The van der Waals surface area contributed by atoms with Gasteiger partial charge in [0.1, 0.15) is 5.82 Å². The standard InChI is InChI=1S/C20H21BrF4N2S/c1-14-10-17(22)18(11-19(14)28-13-20(23,24)25)27-8-6-26(7-9-27)12-15-2-4-16(21)5-3-15/h2-5,10-11H,6-9,12-13H2,1H3. The van der Waals surface area contributed by atoms with Crippen LogP contribution in [0.4, 0.5) is 23.2 Å². The van der Waals surface area contributed by atoms with E-state index in [1.54, 1.807) is 13.0 Å². The molecule has 1 aliphatic heterocycles. The van der Waals surface area contributed by atoms with Crippen LogP contribution in [0.2, 0.25) is 0 Å². The Bertz CT molecular complexity index is 803. The number of alkyl halides is 3. The van der Waals surface area contributed by atoms with Crippen molar-refractivity contribution in [2.24, 2.45) is 0 Å². The lowest BCUT2D eigenvalue weighted by Crippen LogP contribution is -2.46. The van der Waals surface area contributed by atoms with Crippen molar-refractivity contribution in [1.82, 2.24) is 4.90 Å². The molecule has 1 heterocycles. The summed E-state index contributed by atoms with van der Waals surface area (Å²) in [7, 11) is 0. The highest BCUT2D eigenvalue weighted by Crippen LogP contribution is 2.34. The van der Waals surface area contributed by atoms with E-state index in [4.69, 9.17) is 0 Å². The molecule has 2 aromatic carbocycles. The third-order valence-electron chi connectivity index (χ3n) is 4.67. The van der Waals surface area contributed by atoms with Crippen LogP contribution in [-0.4, -0.2) is 43.0 Å². The molecule has 1 saturated heterocycles. The predicted molar refractivity (Wildman–Crippen MR) is 110 cm³/mol. The number of hydrogen-bond donors (Lipinski definition) is 0. The van der Waals surface area contributed by atoms with Crippen LogP contribution in [0.5, 0.6) is 0 Å². The molecule has 0 amide bonds.